The highest BCUT2D eigenvalue weighted by Crippen LogP contribution is 2.17. The minimum Gasteiger partial charge on any atom is -0.311 e. The average Bonchev–Trinajstić information content (AvgIpc) is 2.24. The quantitative estimate of drug-likeness (QED) is 0.753. The predicted octanol–water partition coefficient (Wildman–Crippen LogP) is 2.64. The molecule has 0 aliphatic carbocycles. The van der Waals surface area contributed by atoms with E-state index >= 15 is 0 Å². The Bertz CT molecular complexity index is 166. The molecule has 0 aromatic carbocycles. The molecule has 0 radical (unpaired) electrons. The molecule has 0 saturated carbocycles. The Kier molecular flexibility index (Phi) is 5.62. The Hall–Kier alpha value is -0.0800. The van der Waals surface area contributed by atoms with Crippen molar-refractivity contribution in [2.45, 2.75) is 71.5 Å². The van der Waals surface area contributed by atoms with E-state index in [2.05, 4.69) is 37.9 Å². The van der Waals surface area contributed by atoms with Crippen LogP contribution >= 0.6 is 0 Å². The van der Waals surface area contributed by atoms with Gasteiger partial charge in [0.2, 0.25) is 0 Å². The number of piperazine rings is 1. The summed E-state index contributed by atoms with van der Waals surface area (Å²) in [5.41, 5.74) is 0. The molecule has 2 nitrogen and oxygen atoms in total. The first kappa shape index (κ1) is 13.0. The van der Waals surface area contributed by atoms with Crippen LogP contribution in [-0.2, 0) is 0 Å². The lowest BCUT2D eigenvalue weighted by molar-refractivity contribution is 0.0834. The van der Waals surface area contributed by atoms with Gasteiger partial charge >= 0.3 is 0 Å². The number of nitrogens with zero attached hydrogens (tertiary/aromatic N) is 1. The molecule has 1 aliphatic rings. The van der Waals surface area contributed by atoms with Crippen molar-refractivity contribution in [3.63, 3.8) is 0 Å². The highest BCUT2D eigenvalue weighted by atomic mass is 15.2. The highest BCUT2D eigenvalue weighted by molar-refractivity contribution is 4.86. The molecule has 0 spiro atoms. The molecule has 2 heteroatoms. The fraction of sp³-hybridized carbons (Fsp3) is 1.00. The summed E-state index contributed by atoms with van der Waals surface area (Å²) in [4.78, 5) is 2.72. The topological polar surface area (TPSA) is 15.3 Å². The molecule has 1 N–H and O–H groups in total. The van der Waals surface area contributed by atoms with Gasteiger partial charge in [-0.25, -0.2) is 0 Å². The van der Waals surface area contributed by atoms with E-state index in [1.54, 1.807) is 0 Å². The molecular weight excluding hydrogens is 184 g/mol. The molecule has 15 heavy (non-hydrogen) atoms. The van der Waals surface area contributed by atoms with Crippen LogP contribution in [0.5, 0.6) is 0 Å². The van der Waals surface area contributed by atoms with E-state index in [1.165, 1.54) is 38.8 Å². The number of nitrogens with one attached hydrogen (secondary N) is 1. The second-order valence-electron chi connectivity index (χ2n) is 4.91. The maximum Gasteiger partial charge on any atom is 0.0196 e. The standard InChI is InChI=1S/C13H28N2/c1-5-8-12-10-15(11(4)9-14-12)13(6-2)7-3/h11-14H,5-10H2,1-4H3. The summed E-state index contributed by atoms with van der Waals surface area (Å²) >= 11 is 0. The molecule has 1 rings (SSSR count). The molecule has 2 unspecified atom stereocenters. The van der Waals surface area contributed by atoms with Gasteiger partial charge in [-0.3, -0.25) is 4.90 Å². The molecule has 0 bridgehead atoms. The van der Waals surface area contributed by atoms with E-state index in [0.717, 1.165) is 12.1 Å². The van der Waals surface area contributed by atoms with Crippen molar-refractivity contribution < 1.29 is 0 Å². The zero-order valence-electron chi connectivity index (χ0n) is 10.9. The summed E-state index contributed by atoms with van der Waals surface area (Å²) in [5.74, 6) is 0. The Balaban J connectivity index is 2.52. The summed E-state index contributed by atoms with van der Waals surface area (Å²) in [6.45, 7) is 11.7. The van der Waals surface area contributed by atoms with E-state index in [1.807, 2.05) is 0 Å². The van der Waals surface area contributed by atoms with Crippen LogP contribution in [0.25, 0.3) is 0 Å². The van der Waals surface area contributed by atoms with Gasteiger partial charge in [-0.1, -0.05) is 27.2 Å². The third-order valence-corrected chi connectivity index (χ3v) is 3.75. The van der Waals surface area contributed by atoms with Crippen molar-refractivity contribution in [3.05, 3.63) is 0 Å². The Morgan fingerprint density at radius 3 is 2.47 bits per heavy atom. The van der Waals surface area contributed by atoms with Crippen molar-refractivity contribution >= 4 is 0 Å². The summed E-state index contributed by atoms with van der Waals surface area (Å²) in [5, 5.41) is 3.66. The van der Waals surface area contributed by atoms with Gasteiger partial charge in [0.15, 0.2) is 0 Å². The summed E-state index contributed by atoms with van der Waals surface area (Å²) in [6, 6.07) is 2.23. The lowest BCUT2D eigenvalue weighted by Crippen LogP contribution is -2.58. The molecule has 0 aromatic rings. The lowest BCUT2D eigenvalue weighted by Gasteiger charge is -2.43. The fourth-order valence-electron chi connectivity index (χ4n) is 2.76. The Morgan fingerprint density at radius 2 is 1.93 bits per heavy atom. The van der Waals surface area contributed by atoms with Crippen LogP contribution in [0.2, 0.25) is 0 Å². The van der Waals surface area contributed by atoms with Crippen molar-refractivity contribution in [3.8, 4) is 0 Å². The smallest absolute Gasteiger partial charge is 0.0196 e. The van der Waals surface area contributed by atoms with Gasteiger partial charge in [-0.05, 0) is 26.2 Å². The van der Waals surface area contributed by atoms with Crippen molar-refractivity contribution in [1.29, 1.82) is 0 Å². The van der Waals surface area contributed by atoms with E-state index < -0.39 is 0 Å². The monoisotopic (exact) mass is 212 g/mol. The van der Waals surface area contributed by atoms with Gasteiger partial charge < -0.3 is 5.32 Å². The Labute approximate surface area is 95.4 Å². The molecule has 1 aliphatic heterocycles. The van der Waals surface area contributed by atoms with E-state index in [-0.39, 0.29) is 0 Å². The van der Waals surface area contributed by atoms with Crippen LogP contribution < -0.4 is 5.32 Å². The summed E-state index contributed by atoms with van der Waals surface area (Å²) in [7, 11) is 0. The van der Waals surface area contributed by atoms with Gasteiger partial charge in [0.1, 0.15) is 0 Å². The van der Waals surface area contributed by atoms with Gasteiger partial charge in [0.05, 0.1) is 0 Å². The largest absolute Gasteiger partial charge is 0.311 e. The number of rotatable bonds is 5. The molecule has 1 fully saturated rings. The zero-order valence-corrected chi connectivity index (χ0v) is 10.9. The minimum atomic E-state index is 0.711. The summed E-state index contributed by atoms with van der Waals surface area (Å²) in [6.07, 6.45) is 5.20. The van der Waals surface area contributed by atoms with Crippen LogP contribution in [0.4, 0.5) is 0 Å². The van der Waals surface area contributed by atoms with Gasteiger partial charge in [-0.2, -0.15) is 0 Å². The molecule has 1 heterocycles. The van der Waals surface area contributed by atoms with E-state index in [0.29, 0.717) is 6.04 Å². The van der Waals surface area contributed by atoms with Crippen molar-refractivity contribution in [1.82, 2.24) is 10.2 Å². The lowest BCUT2D eigenvalue weighted by atomic mass is 10.0. The normalized spacial score (nSPS) is 28.6. The van der Waals surface area contributed by atoms with Crippen LogP contribution in [-0.4, -0.2) is 36.1 Å². The third-order valence-electron chi connectivity index (χ3n) is 3.75. The van der Waals surface area contributed by atoms with Crippen molar-refractivity contribution in [2.24, 2.45) is 0 Å². The predicted molar refractivity (Wildman–Crippen MR) is 67.2 cm³/mol. The maximum atomic E-state index is 3.66. The minimum absolute atomic E-state index is 0.711. The van der Waals surface area contributed by atoms with E-state index in [4.69, 9.17) is 0 Å². The first-order valence-corrected chi connectivity index (χ1v) is 6.71. The first-order valence-electron chi connectivity index (χ1n) is 6.71. The van der Waals surface area contributed by atoms with Gasteiger partial charge in [0, 0.05) is 31.2 Å². The molecular formula is C13H28N2. The second kappa shape index (κ2) is 6.49. The van der Waals surface area contributed by atoms with E-state index in [9.17, 15) is 0 Å². The third kappa shape index (κ3) is 3.46. The molecule has 2 atom stereocenters. The molecule has 1 saturated heterocycles. The van der Waals surface area contributed by atoms with Gasteiger partial charge in [0.25, 0.3) is 0 Å². The van der Waals surface area contributed by atoms with Crippen LogP contribution in [0.15, 0.2) is 0 Å². The van der Waals surface area contributed by atoms with Crippen molar-refractivity contribution in [2.75, 3.05) is 13.1 Å². The van der Waals surface area contributed by atoms with Crippen LogP contribution in [0, 0.1) is 0 Å². The van der Waals surface area contributed by atoms with Gasteiger partial charge in [-0.15, -0.1) is 0 Å². The number of hydrogen-bond acceptors (Lipinski definition) is 2. The molecule has 90 valence electrons. The molecule has 0 aromatic heterocycles. The van der Waals surface area contributed by atoms with Crippen LogP contribution in [0.3, 0.4) is 0 Å². The SMILES string of the molecule is CCCC1CN(C(CC)CC)C(C)CN1. The Morgan fingerprint density at radius 1 is 1.27 bits per heavy atom. The fourth-order valence-corrected chi connectivity index (χ4v) is 2.76. The van der Waals surface area contributed by atoms with Crippen LogP contribution in [0.1, 0.15) is 53.4 Å². The summed E-state index contributed by atoms with van der Waals surface area (Å²) < 4.78 is 0. The maximum absolute atomic E-state index is 3.66. The number of hydrogen-bond donors (Lipinski definition) is 1. The second-order valence-corrected chi connectivity index (χ2v) is 4.91. The molecule has 0 amide bonds. The highest BCUT2D eigenvalue weighted by Gasteiger charge is 2.28. The average molecular weight is 212 g/mol. The zero-order chi connectivity index (χ0) is 11.3. The first-order chi connectivity index (χ1) is 7.22.